The number of aliphatic hydroxyl groups excluding tert-OH is 1. The number of aliphatic hydroxyl groups is 1. The van der Waals surface area contributed by atoms with Crippen molar-refractivity contribution >= 4 is 13.7 Å². The molecule has 0 bridgehead atoms. The summed E-state index contributed by atoms with van der Waals surface area (Å²) in [5, 5.41) is 14.0. The second-order valence-corrected chi connectivity index (χ2v) is 22.8. The fourth-order valence-corrected chi connectivity index (χ4v) is 9.64. The Kier molecular flexibility index (Phi) is 48.7. The molecule has 0 saturated carbocycles. The van der Waals surface area contributed by atoms with Gasteiger partial charge in [-0.1, -0.05) is 264 Å². The molecule has 0 radical (unpaired) electrons. The van der Waals surface area contributed by atoms with Crippen LogP contribution in [0.4, 0.5) is 0 Å². The van der Waals surface area contributed by atoms with Crippen LogP contribution in [0, 0.1) is 0 Å². The van der Waals surface area contributed by atoms with E-state index in [-0.39, 0.29) is 19.1 Å². The van der Waals surface area contributed by atoms with Crippen molar-refractivity contribution in [3.63, 3.8) is 0 Å². The Morgan fingerprint density at radius 2 is 0.833 bits per heavy atom. The predicted molar refractivity (Wildman–Crippen MR) is 284 cm³/mol. The van der Waals surface area contributed by atoms with Gasteiger partial charge in [-0.25, -0.2) is 0 Å². The molecular weight excluding hydrogens is 840 g/mol. The van der Waals surface area contributed by atoms with E-state index in [2.05, 4.69) is 31.3 Å². The van der Waals surface area contributed by atoms with Crippen molar-refractivity contribution in [2.24, 2.45) is 0 Å². The molecule has 394 valence electrons. The van der Waals surface area contributed by atoms with Gasteiger partial charge in [0.25, 0.3) is 7.82 Å². The minimum Gasteiger partial charge on any atom is -0.756 e. The summed E-state index contributed by atoms with van der Waals surface area (Å²) >= 11 is 0. The largest absolute Gasteiger partial charge is 0.756 e. The summed E-state index contributed by atoms with van der Waals surface area (Å²) in [7, 11) is 1.32. The first kappa shape index (κ1) is 65.2. The number of phosphoric ester groups is 1. The summed E-state index contributed by atoms with van der Waals surface area (Å²) in [5.41, 5.74) is 0. The quantitative estimate of drug-likeness (QED) is 0.0272. The lowest BCUT2D eigenvalue weighted by molar-refractivity contribution is -0.870. The zero-order valence-electron chi connectivity index (χ0n) is 44.9. The van der Waals surface area contributed by atoms with E-state index >= 15 is 0 Å². The van der Waals surface area contributed by atoms with Gasteiger partial charge in [0, 0.05) is 6.42 Å². The van der Waals surface area contributed by atoms with Crippen LogP contribution in [0.3, 0.4) is 0 Å². The second-order valence-electron chi connectivity index (χ2n) is 21.4. The Bertz CT molecular complexity index is 1080. The number of quaternary nitrogens is 1. The van der Waals surface area contributed by atoms with Crippen molar-refractivity contribution in [1.82, 2.24) is 5.32 Å². The van der Waals surface area contributed by atoms with Crippen molar-refractivity contribution < 1.29 is 32.9 Å². The number of nitrogens with one attached hydrogen (secondary N) is 1. The number of hydrogen-bond donors (Lipinski definition) is 2. The molecule has 0 aromatic rings. The molecule has 0 rings (SSSR count). The van der Waals surface area contributed by atoms with Gasteiger partial charge in [0.05, 0.1) is 39.9 Å². The van der Waals surface area contributed by atoms with Gasteiger partial charge in [-0.2, -0.15) is 0 Å². The molecule has 0 saturated heterocycles. The maximum absolute atomic E-state index is 13.0. The molecule has 0 spiro atoms. The van der Waals surface area contributed by atoms with Crippen LogP contribution in [0.5, 0.6) is 0 Å². The van der Waals surface area contributed by atoms with E-state index in [1.807, 2.05) is 21.1 Å². The van der Waals surface area contributed by atoms with E-state index in [4.69, 9.17) is 9.05 Å². The summed E-state index contributed by atoms with van der Waals surface area (Å²) in [6, 6.07) is -0.800. The Morgan fingerprint density at radius 3 is 1.18 bits per heavy atom. The van der Waals surface area contributed by atoms with Crippen LogP contribution in [0.15, 0.2) is 12.2 Å². The highest BCUT2D eigenvalue weighted by atomic mass is 31.2. The molecule has 0 aliphatic rings. The number of amides is 1. The van der Waals surface area contributed by atoms with Gasteiger partial charge in [0.2, 0.25) is 5.91 Å². The molecule has 0 heterocycles. The number of likely N-dealkylation sites (N-methyl/N-ethyl adjacent to an activating group) is 1. The van der Waals surface area contributed by atoms with Gasteiger partial charge in [0.1, 0.15) is 13.2 Å². The third-order valence-corrected chi connectivity index (χ3v) is 14.5. The molecule has 66 heavy (non-hydrogen) atoms. The average molecular weight is 956 g/mol. The van der Waals surface area contributed by atoms with Gasteiger partial charge in [-0.15, -0.1) is 0 Å². The smallest absolute Gasteiger partial charge is 0.268 e. The summed E-state index contributed by atoms with van der Waals surface area (Å²) in [4.78, 5) is 25.5. The first-order chi connectivity index (χ1) is 32.0. The lowest BCUT2D eigenvalue weighted by Crippen LogP contribution is -2.46. The van der Waals surface area contributed by atoms with E-state index in [1.165, 1.54) is 231 Å². The van der Waals surface area contributed by atoms with Crippen LogP contribution >= 0.6 is 7.82 Å². The number of nitrogens with zero attached hydrogens (tertiary/aromatic N) is 1. The topological polar surface area (TPSA) is 108 Å². The Morgan fingerprint density at radius 1 is 0.515 bits per heavy atom. The van der Waals surface area contributed by atoms with E-state index in [0.29, 0.717) is 23.9 Å². The fraction of sp³-hybridized carbons (Fsp3) is 0.947. The zero-order valence-corrected chi connectivity index (χ0v) is 45.8. The Balaban J connectivity index is 4.14. The number of rotatable bonds is 54. The number of carbonyl (C=O) groups is 1. The summed E-state index contributed by atoms with van der Waals surface area (Å²) in [5.74, 6) is -0.164. The summed E-state index contributed by atoms with van der Waals surface area (Å²) in [6.07, 6.45) is 59.6. The van der Waals surface area contributed by atoms with Gasteiger partial charge in [-0.05, 0) is 38.5 Å². The van der Waals surface area contributed by atoms with Crippen molar-refractivity contribution in [2.45, 2.75) is 309 Å². The first-order valence-corrected chi connectivity index (χ1v) is 30.5. The minimum atomic E-state index is -4.57. The normalized spacial score (nSPS) is 14.0. The van der Waals surface area contributed by atoms with Crippen LogP contribution in [-0.4, -0.2) is 68.5 Å². The van der Waals surface area contributed by atoms with Crippen LogP contribution < -0.4 is 10.2 Å². The van der Waals surface area contributed by atoms with E-state index in [1.54, 1.807) is 0 Å². The molecule has 3 unspecified atom stereocenters. The van der Waals surface area contributed by atoms with Crippen molar-refractivity contribution in [3.8, 4) is 0 Å². The standard InChI is InChI=1S/C57H115N2O6P/c1-6-8-10-12-14-16-18-20-22-24-26-27-28-29-30-31-33-34-36-38-40-42-44-46-48-50-56(60)55(54-65-66(62,63)64-53-52-59(3,4)5)58-57(61)51-49-47-45-43-41-39-37-35-32-25-23-21-19-17-15-13-11-9-7-2/h25,32,55-56,60H,6-24,26-31,33-54H2,1-5H3,(H-,58,61,62,63)/b32-25-. The molecule has 3 atom stereocenters. The number of carbonyl (C=O) groups excluding carboxylic acids is 1. The Labute approximate surface area is 412 Å². The fourth-order valence-electron chi connectivity index (χ4n) is 8.92. The molecule has 8 nitrogen and oxygen atoms in total. The minimum absolute atomic E-state index is 0.0138. The van der Waals surface area contributed by atoms with Gasteiger partial charge < -0.3 is 28.8 Å². The van der Waals surface area contributed by atoms with Gasteiger partial charge in [-0.3, -0.25) is 9.36 Å². The van der Waals surface area contributed by atoms with E-state index in [9.17, 15) is 19.4 Å². The number of allylic oxidation sites excluding steroid dienone is 2. The lowest BCUT2D eigenvalue weighted by Gasteiger charge is -2.30. The SMILES string of the molecule is CCCCCCCCCC/C=C\CCCCCCCCCC(=O)NC(COP(=O)([O-])OCC[N+](C)(C)C)C(O)CCCCCCCCCCCCCCCCCCCCCCCCCCC. The van der Waals surface area contributed by atoms with Crippen LogP contribution in [0.2, 0.25) is 0 Å². The molecule has 0 aliphatic carbocycles. The molecule has 0 aromatic carbocycles. The van der Waals surface area contributed by atoms with Crippen LogP contribution in [-0.2, 0) is 18.4 Å². The number of phosphoric acid groups is 1. The maximum Gasteiger partial charge on any atom is 0.268 e. The van der Waals surface area contributed by atoms with Crippen molar-refractivity contribution in [1.29, 1.82) is 0 Å². The van der Waals surface area contributed by atoms with Gasteiger partial charge >= 0.3 is 0 Å². The van der Waals surface area contributed by atoms with Crippen molar-refractivity contribution in [2.75, 3.05) is 40.9 Å². The molecule has 0 aliphatic heterocycles. The van der Waals surface area contributed by atoms with Gasteiger partial charge in [0.15, 0.2) is 0 Å². The molecule has 1 amide bonds. The van der Waals surface area contributed by atoms with E-state index < -0.39 is 20.0 Å². The molecule has 0 fully saturated rings. The molecule has 9 heteroatoms. The highest BCUT2D eigenvalue weighted by molar-refractivity contribution is 7.45. The monoisotopic (exact) mass is 955 g/mol. The number of unbranched alkanes of at least 4 members (excludes halogenated alkanes) is 39. The summed E-state index contributed by atoms with van der Waals surface area (Å²) in [6.45, 7) is 4.76. The Hall–Kier alpha value is -0.760. The molecule has 0 aromatic heterocycles. The molecule has 2 N–H and O–H groups in total. The average Bonchev–Trinajstić information content (AvgIpc) is 3.28. The maximum atomic E-state index is 13.0. The second kappa shape index (κ2) is 49.2. The lowest BCUT2D eigenvalue weighted by atomic mass is 10.0. The van der Waals surface area contributed by atoms with Crippen molar-refractivity contribution in [3.05, 3.63) is 12.2 Å². The molecular formula is C57H115N2O6P. The number of hydrogen-bond acceptors (Lipinski definition) is 6. The predicted octanol–water partition coefficient (Wildman–Crippen LogP) is 16.8. The van der Waals surface area contributed by atoms with Crippen LogP contribution in [0.25, 0.3) is 0 Å². The highest BCUT2D eigenvalue weighted by Gasteiger charge is 2.24. The summed E-state index contributed by atoms with van der Waals surface area (Å²) < 4.78 is 23.4. The third kappa shape index (κ3) is 51.1. The third-order valence-electron chi connectivity index (χ3n) is 13.5. The first-order valence-electron chi connectivity index (χ1n) is 29.0. The zero-order chi connectivity index (χ0) is 48.5. The highest BCUT2D eigenvalue weighted by Crippen LogP contribution is 2.38. The van der Waals surface area contributed by atoms with E-state index in [0.717, 1.165) is 38.5 Å². The van der Waals surface area contributed by atoms with Crippen LogP contribution in [0.1, 0.15) is 296 Å².